The molecule has 0 aromatic heterocycles. The maximum absolute atomic E-state index is 14.3. The van der Waals surface area contributed by atoms with Crippen LogP contribution in [0, 0.1) is 6.92 Å². The molecule has 0 heterocycles. The van der Waals surface area contributed by atoms with Crippen molar-refractivity contribution in [2.24, 2.45) is 0 Å². The number of benzene rings is 4. The normalized spacial score (nSPS) is 11.9. The van der Waals surface area contributed by atoms with Crippen molar-refractivity contribution in [2.45, 2.75) is 30.8 Å². The van der Waals surface area contributed by atoms with Gasteiger partial charge in [0.2, 0.25) is 11.8 Å². The van der Waals surface area contributed by atoms with Crippen LogP contribution in [0.25, 0.3) is 0 Å². The summed E-state index contributed by atoms with van der Waals surface area (Å²) >= 11 is 12.6. The molecule has 0 spiro atoms. The van der Waals surface area contributed by atoms with Crippen molar-refractivity contribution in [3.8, 4) is 0 Å². The number of hydrogen-bond donors (Lipinski definition) is 1. The van der Waals surface area contributed by atoms with Gasteiger partial charge in [0.1, 0.15) is 12.6 Å². The highest BCUT2D eigenvalue weighted by molar-refractivity contribution is 7.92. The van der Waals surface area contributed by atoms with Crippen LogP contribution in [0.3, 0.4) is 0 Å². The van der Waals surface area contributed by atoms with Crippen LogP contribution in [0.15, 0.2) is 108 Å². The number of halogens is 2. The maximum Gasteiger partial charge on any atom is 0.264 e. The Morgan fingerprint density at radius 1 is 0.833 bits per heavy atom. The van der Waals surface area contributed by atoms with E-state index >= 15 is 0 Å². The molecular weight excluding hydrogens is 593 g/mol. The summed E-state index contributed by atoms with van der Waals surface area (Å²) in [5, 5.41) is 3.05. The molecule has 0 radical (unpaired) electrons. The molecule has 0 saturated carbocycles. The summed E-state index contributed by atoms with van der Waals surface area (Å²) in [5.74, 6) is -0.951. The Kier molecular flexibility index (Phi) is 10.3. The predicted molar refractivity (Wildman–Crippen MR) is 167 cm³/mol. The lowest BCUT2D eigenvalue weighted by atomic mass is 10.0. The number of nitrogens with zero attached hydrogens (tertiary/aromatic N) is 2. The highest BCUT2D eigenvalue weighted by Crippen LogP contribution is 2.33. The zero-order valence-corrected chi connectivity index (χ0v) is 25.5. The van der Waals surface area contributed by atoms with E-state index in [0.717, 1.165) is 21.0 Å². The van der Waals surface area contributed by atoms with Crippen LogP contribution in [-0.2, 0) is 32.6 Å². The third-order valence-corrected chi connectivity index (χ3v) is 9.05. The summed E-state index contributed by atoms with van der Waals surface area (Å²) in [6, 6.07) is 28.2. The number of sulfonamides is 1. The fourth-order valence-corrected chi connectivity index (χ4v) is 6.66. The molecule has 218 valence electrons. The van der Waals surface area contributed by atoms with Gasteiger partial charge >= 0.3 is 0 Å². The van der Waals surface area contributed by atoms with Crippen LogP contribution < -0.4 is 9.62 Å². The quantitative estimate of drug-likeness (QED) is 0.226. The molecule has 1 N–H and O–H groups in total. The average molecular weight is 625 g/mol. The Hall–Kier alpha value is -3.85. The van der Waals surface area contributed by atoms with Gasteiger partial charge in [0.25, 0.3) is 10.0 Å². The van der Waals surface area contributed by atoms with E-state index in [0.29, 0.717) is 5.02 Å². The van der Waals surface area contributed by atoms with Gasteiger partial charge in [-0.3, -0.25) is 13.9 Å². The minimum absolute atomic E-state index is 0.0128. The summed E-state index contributed by atoms with van der Waals surface area (Å²) < 4.78 is 28.9. The first-order valence-electron chi connectivity index (χ1n) is 13.2. The molecule has 4 aromatic carbocycles. The average Bonchev–Trinajstić information content (AvgIpc) is 2.98. The van der Waals surface area contributed by atoms with Crippen molar-refractivity contribution in [2.75, 3.05) is 17.9 Å². The van der Waals surface area contributed by atoms with Gasteiger partial charge in [-0.2, -0.15) is 0 Å². The molecule has 1 atom stereocenters. The number of likely N-dealkylation sites (N-methyl/N-ethyl adjacent to an activating group) is 1. The van der Waals surface area contributed by atoms with E-state index in [-0.39, 0.29) is 34.5 Å². The molecule has 10 heteroatoms. The monoisotopic (exact) mass is 623 g/mol. The molecule has 0 aliphatic heterocycles. The second-order valence-electron chi connectivity index (χ2n) is 9.75. The van der Waals surface area contributed by atoms with E-state index in [1.807, 2.05) is 61.5 Å². The highest BCUT2D eigenvalue weighted by Gasteiger charge is 2.35. The van der Waals surface area contributed by atoms with E-state index in [9.17, 15) is 18.0 Å². The van der Waals surface area contributed by atoms with Gasteiger partial charge in [-0.25, -0.2) is 8.42 Å². The van der Waals surface area contributed by atoms with Crippen molar-refractivity contribution < 1.29 is 18.0 Å². The lowest BCUT2D eigenvalue weighted by Gasteiger charge is -2.33. The second kappa shape index (κ2) is 13.9. The minimum atomic E-state index is -4.25. The Balaban J connectivity index is 1.81. The number of rotatable bonds is 11. The minimum Gasteiger partial charge on any atom is -0.357 e. The topological polar surface area (TPSA) is 86.8 Å². The van der Waals surface area contributed by atoms with E-state index in [1.165, 1.54) is 42.3 Å². The van der Waals surface area contributed by atoms with Gasteiger partial charge < -0.3 is 10.2 Å². The van der Waals surface area contributed by atoms with Crippen LogP contribution in [0.2, 0.25) is 10.0 Å². The highest BCUT2D eigenvalue weighted by atomic mass is 35.5. The molecule has 0 bridgehead atoms. The summed E-state index contributed by atoms with van der Waals surface area (Å²) in [6.45, 7) is 1.41. The zero-order chi connectivity index (χ0) is 30.3. The van der Waals surface area contributed by atoms with E-state index in [4.69, 9.17) is 23.2 Å². The zero-order valence-electron chi connectivity index (χ0n) is 23.2. The molecule has 0 fully saturated rings. The number of aryl methyl sites for hydroxylation is 1. The standard InChI is InChI=1S/C32H31Cl2N3O4S/c1-23-10-9-13-25(18-23)21-36(30(32(39)35-2)19-24-11-5-3-6-12-24)31(38)22-37(29-17-16-26(33)20-28(29)34)42(40,41)27-14-7-4-8-15-27/h3-18,20,30H,19,21-22H2,1-2H3,(H,35,39)/t30-/m0/s1. The summed E-state index contributed by atoms with van der Waals surface area (Å²) in [7, 11) is -2.74. The first-order chi connectivity index (χ1) is 20.1. The van der Waals surface area contributed by atoms with E-state index in [2.05, 4.69) is 5.32 Å². The maximum atomic E-state index is 14.3. The van der Waals surface area contributed by atoms with E-state index < -0.39 is 28.5 Å². The van der Waals surface area contributed by atoms with Crippen molar-refractivity contribution in [3.05, 3.63) is 130 Å². The van der Waals surface area contributed by atoms with Crippen molar-refractivity contribution >= 4 is 50.7 Å². The summed E-state index contributed by atoms with van der Waals surface area (Å²) in [4.78, 5) is 29.0. The third kappa shape index (κ3) is 7.50. The molecule has 2 amide bonds. The fraction of sp³-hybridized carbons (Fsp3) is 0.188. The Bertz CT molecular complexity index is 1650. The van der Waals surface area contributed by atoms with Crippen LogP contribution in [0.4, 0.5) is 5.69 Å². The first-order valence-corrected chi connectivity index (χ1v) is 15.4. The Morgan fingerprint density at radius 2 is 1.48 bits per heavy atom. The second-order valence-corrected chi connectivity index (χ2v) is 12.5. The van der Waals surface area contributed by atoms with Gasteiger partial charge in [0, 0.05) is 25.0 Å². The van der Waals surface area contributed by atoms with Crippen molar-refractivity contribution in [3.63, 3.8) is 0 Å². The lowest BCUT2D eigenvalue weighted by Crippen LogP contribution is -2.53. The van der Waals surface area contributed by atoms with Gasteiger partial charge in [-0.15, -0.1) is 0 Å². The summed E-state index contributed by atoms with van der Waals surface area (Å²) in [6.07, 6.45) is 0.227. The Morgan fingerprint density at radius 3 is 2.10 bits per heavy atom. The molecule has 0 unspecified atom stereocenters. The van der Waals surface area contributed by atoms with E-state index in [1.54, 1.807) is 18.2 Å². The van der Waals surface area contributed by atoms with Gasteiger partial charge in [0.05, 0.1) is 15.6 Å². The van der Waals surface area contributed by atoms with Crippen molar-refractivity contribution in [1.82, 2.24) is 10.2 Å². The molecule has 0 aliphatic rings. The van der Waals surface area contributed by atoms with Gasteiger partial charge in [-0.05, 0) is 48.4 Å². The molecule has 0 aliphatic carbocycles. The number of amides is 2. The smallest absolute Gasteiger partial charge is 0.264 e. The first kappa shape index (κ1) is 31.1. The molecule has 42 heavy (non-hydrogen) atoms. The lowest BCUT2D eigenvalue weighted by molar-refractivity contribution is -0.139. The number of carbonyl (C=O) groups is 2. The predicted octanol–water partition coefficient (Wildman–Crippen LogP) is 5.88. The molecule has 0 saturated heterocycles. The largest absolute Gasteiger partial charge is 0.357 e. The van der Waals surface area contributed by atoms with Crippen molar-refractivity contribution in [1.29, 1.82) is 0 Å². The van der Waals surface area contributed by atoms with Crippen LogP contribution >= 0.6 is 23.2 Å². The number of hydrogen-bond acceptors (Lipinski definition) is 4. The fourth-order valence-electron chi connectivity index (χ4n) is 4.64. The Labute approximate surface area is 256 Å². The van der Waals surface area contributed by atoms with Gasteiger partial charge in [0.15, 0.2) is 0 Å². The molecule has 4 rings (SSSR count). The molecule has 4 aromatic rings. The molecular formula is C32H31Cl2N3O4S. The van der Waals surface area contributed by atoms with Crippen LogP contribution in [-0.4, -0.2) is 44.8 Å². The number of carbonyl (C=O) groups excluding carboxylic acids is 2. The van der Waals surface area contributed by atoms with Crippen LogP contribution in [0.5, 0.6) is 0 Å². The SMILES string of the molecule is CNC(=O)[C@H](Cc1ccccc1)N(Cc1cccc(C)c1)C(=O)CN(c1ccc(Cl)cc1Cl)S(=O)(=O)c1ccccc1. The summed E-state index contributed by atoms with van der Waals surface area (Å²) in [5.41, 5.74) is 2.73. The van der Waals surface area contributed by atoms with Crippen LogP contribution in [0.1, 0.15) is 16.7 Å². The molecule has 7 nitrogen and oxygen atoms in total. The third-order valence-electron chi connectivity index (χ3n) is 6.74. The van der Waals surface area contributed by atoms with Gasteiger partial charge in [-0.1, -0.05) is 102 Å². The number of nitrogens with one attached hydrogen (secondary N) is 1. The number of anilines is 1.